The van der Waals surface area contributed by atoms with Gasteiger partial charge < -0.3 is 10.0 Å². The van der Waals surface area contributed by atoms with Gasteiger partial charge in [0.1, 0.15) is 5.82 Å². The summed E-state index contributed by atoms with van der Waals surface area (Å²) in [7, 11) is 3.97. The molecule has 5 nitrogen and oxygen atoms in total. The molecule has 1 aromatic heterocycles. The van der Waals surface area contributed by atoms with Gasteiger partial charge in [-0.3, -0.25) is 9.13 Å². The van der Waals surface area contributed by atoms with Crippen LogP contribution in [0.15, 0.2) is 47.3 Å². The minimum atomic E-state index is -0.751. The SMILES string of the molecule is CC(C)C1c2ccc(F)cc2CC[C@]1(O)CCN(C)CCCCCCn1c(=O)n(C)c2ccccc21. The zero-order valence-corrected chi connectivity index (χ0v) is 22.3. The summed E-state index contributed by atoms with van der Waals surface area (Å²) in [5.41, 5.74) is 3.48. The van der Waals surface area contributed by atoms with Crippen LogP contribution in [0, 0.1) is 11.7 Å². The first-order chi connectivity index (χ1) is 17.2. The first kappa shape index (κ1) is 26.6. The van der Waals surface area contributed by atoms with Crippen LogP contribution >= 0.6 is 0 Å². The monoisotopic (exact) mass is 495 g/mol. The van der Waals surface area contributed by atoms with E-state index in [2.05, 4.69) is 25.8 Å². The topological polar surface area (TPSA) is 50.4 Å². The molecule has 0 bridgehead atoms. The second-order valence-corrected chi connectivity index (χ2v) is 11.1. The smallest absolute Gasteiger partial charge is 0.328 e. The molecular formula is C30H42FN3O2. The number of aromatic nitrogens is 2. The normalized spacial score (nSPS) is 19.9. The van der Waals surface area contributed by atoms with Crippen LogP contribution in [0.3, 0.4) is 0 Å². The first-order valence-corrected chi connectivity index (χ1v) is 13.5. The van der Waals surface area contributed by atoms with E-state index in [0.29, 0.717) is 12.3 Å². The fourth-order valence-electron chi connectivity index (χ4n) is 6.23. The molecule has 0 saturated heterocycles. The standard InChI is InChI=1S/C30H42FN3O2/c1-22(2)28-25-14-13-24(31)21-23(25)15-16-30(28,36)17-20-32(3)18-9-5-6-10-19-34-27-12-8-7-11-26(27)33(4)29(34)35/h7-8,11-14,21-22,28,36H,5-6,9-10,15-20H2,1-4H3/t28?,30-/m0/s1. The van der Waals surface area contributed by atoms with Crippen molar-refractivity contribution >= 4 is 11.0 Å². The zero-order chi connectivity index (χ0) is 25.9. The van der Waals surface area contributed by atoms with Gasteiger partial charge in [0, 0.05) is 26.1 Å². The van der Waals surface area contributed by atoms with Gasteiger partial charge in [-0.15, -0.1) is 0 Å². The molecule has 196 valence electrons. The van der Waals surface area contributed by atoms with E-state index < -0.39 is 5.60 Å². The number of hydrogen-bond donors (Lipinski definition) is 1. The lowest BCUT2D eigenvalue weighted by Gasteiger charge is -2.44. The summed E-state index contributed by atoms with van der Waals surface area (Å²) in [6.07, 6.45) is 6.47. The van der Waals surface area contributed by atoms with Crippen LogP contribution in [-0.4, -0.2) is 44.9 Å². The molecule has 0 fully saturated rings. The number of para-hydroxylation sites is 2. The Bertz CT molecular complexity index is 1230. The third kappa shape index (κ3) is 5.60. The number of unbranched alkanes of at least 4 members (excludes halogenated alkanes) is 3. The number of fused-ring (bicyclic) bond motifs is 2. The van der Waals surface area contributed by atoms with Crippen molar-refractivity contribution in [2.24, 2.45) is 13.0 Å². The highest BCUT2D eigenvalue weighted by Crippen LogP contribution is 2.45. The molecule has 0 amide bonds. The average Bonchev–Trinajstić information content (AvgIpc) is 3.09. The van der Waals surface area contributed by atoms with Gasteiger partial charge in [0.15, 0.2) is 0 Å². The number of hydrogen-bond acceptors (Lipinski definition) is 3. The highest BCUT2D eigenvalue weighted by atomic mass is 19.1. The Kier molecular flexibility index (Phi) is 8.36. The van der Waals surface area contributed by atoms with Gasteiger partial charge >= 0.3 is 5.69 Å². The number of rotatable bonds is 11. The molecule has 1 aliphatic carbocycles. The van der Waals surface area contributed by atoms with E-state index >= 15 is 0 Å². The summed E-state index contributed by atoms with van der Waals surface area (Å²) in [5, 5.41) is 11.7. The van der Waals surface area contributed by atoms with Crippen molar-refractivity contribution in [2.45, 2.75) is 76.9 Å². The lowest BCUT2D eigenvalue weighted by atomic mass is 9.66. The maximum Gasteiger partial charge on any atom is 0.328 e. The van der Waals surface area contributed by atoms with Crippen molar-refractivity contribution in [1.82, 2.24) is 14.0 Å². The molecule has 1 unspecified atom stereocenters. The second-order valence-electron chi connectivity index (χ2n) is 11.1. The lowest BCUT2D eigenvalue weighted by molar-refractivity contribution is -0.0301. The van der Waals surface area contributed by atoms with Crippen LogP contribution in [0.4, 0.5) is 4.39 Å². The maximum absolute atomic E-state index is 13.7. The van der Waals surface area contributed by atoms with Gasteiger partial charge in [0.2, 0.25) is 0 Å². The van der Waals surface area contributed by atoms with Crippen molar-refractivity contribution in [2.75, 3.05) is 20.1 Å². The van der Waals surface area contributed by atoms with E-state index in [4.69, 9.17) is 0 Å². The number of halogens is 1. The van der Waals surface area contributed by atoms with Gasteiger partial charge in [-0.2, -0.15) is 0 Å². The van der Waals surface area contributed by atoms with E-state index in [1.165, 1.54) is 6.07 Å². The molecule has 3 aromatic rings. The van der Waals surface area contributed by atoms with Crippen molar-refractivity contribution < 1.29 is 9.50 Å². The Hall–Kier alpha value is -2.44. The molecule has 2 atom stereocenters. The molecule has 1 heterocycles. The van der Waals surface area contributed by atoms with Crippen LogP contribution in [-0.2, 0) is 20.0 Å². The minimum absolute atomic E-state index is 0.0349. The Morgan fingerprint density at radius 2 is 1.81 bits per heavy atom. The van der Waals surface area contributed by atoms with Crippen LogP contribution in [0.1, 0.15) is 69.4 Å². The zero-order valence-electron chi connectivity index (χ0n) is 22.3. The third-order valence-electron chi connectivity index (χ3n) is 8.16. The summed E-state index contributed by atoms with van der Waals surface area (Å²) in [6, 6.07) is 13.0. The molecule has 36 heavy (non-hydrogen) atoms. The molecule has 0 saturated carbocycles. The van der Waals surface area contributed by atoms with Crippen LogP contribution < -0.4 is 5.69 Å². The molecule has 1 N–H and O–H groups in total. The van der Waals surface area contributed by atoms with E-state index in [1.807, 2.05) is 41.9 Å². The largest absolute Gasteiger partial charge is 0.389 e. The third-order valence-corrected chi connectivity index (χ3v) is 8.16. The number of imidazole rings is 1. The highest BCUT2D eigenvalue weighted by Gasteiger charge is 2.43. The summed E-state index contributed by atoms with van der Waals surface area (Å²) in [5.74, 6) is 0.136. The van der Waals surface area contributed by atoms with Gasteiger partial charge in [0.25, 0.3) is 0 Å². The van der Waals surface area contributed by atoms with Crippen molar-refractivity contribution in [3.63, 3.8) is 0 Å². The number of aryl methyl sites for hydroxylation is 3. The Morgan fingerprint density at radius 1 is 1.08 bits per heavy atom. The lowest BCUT2D eigenvalue weighted by Crippen LogP contribution is -2.45. The fourth-order valence-corrected chi connectivity index (χ4v) is 6.23. The first-order valence-electron chi connectivity index (χ1n) is 13.5. The Labute approximate surface area is 214 Å². The van der Waals surface area contributed by atoms with Crippen LogP contribution in [0.2, 0.25) is 0 Å². The molecule has 6 heteroatoms. The molecule has 0 radical (unpaired) electrons. The summed E-state index contributed by atoms with van der Waals surface area (Å²) < 4.78 is 17.4. The quantitative estimate of drug-likeness (QED) is 0.359. The van der Waals surface area contributed by atoms with Crippen molar-refractivity contribution in [1.29, 1.82) is 0 Å². The number of nitrogens with zero attached hydrogens (tertiary/aromatic N) is 3. The van der Waals surface area contributed by atoms with E-state index in [9.17, 15) is 14.3 Å². The Morgan fingerprint density at radius 3 is 2.56 bits per heavy atom. The van der Waals surface area contributed by atoms with Crippen LogP contribution in [0.5, 0.6) is 0 Å². The van der Waals surface area contributed by atoms with Gasteiger partial charge in [-0.05, 0) is 87.0 Å². The van der Waals surface area contributed by atoms with Crippen molar-refractivity contribution in [3.05, 3.63) is 69.9 Å². The Balaban J connectivity index is 1.22. The fraction of sp³-hybridized carbons (Fsp3) is 0.567. The predicted octanol–water partition coefficient (Wildman–Crippen LogP) is 5.48. The van der Waals surface area contributed by atoms with E-state index in [-0.39, 0.29) is 17.4 Å². The molecule has 4 rings (SSSR count). The molecular weight excluding hydrogens is 453 g/mol. The second kappa shape index (κ2) is 11.3. The van der Waals surface area contributed by atoms with Gasteiger partial charge in [-0.25, -0.2) is 9.18 Å². The summed E-state index contributed by atoms with van der Waals surface area (Å²) in [4.78, 5) is 14.9. The number of benzene rings is 2. The van der Waals surface area contributed by atoms with Crippen LogP contribution in [0.25, 0.3) is 11.0 Å². The molecule has 2 aromatic carbocycles. The van der Waals surface area contributed by atoms with Crippen molar-refractivity contribution in [3.8, 4) is 0 Å². The summed E-state index contributed by atoms with van der Waals surface area (Å²) in [6.45, 7) is 6.92. The highest BCUT2D eigenvalue weighted by molar-refractivity contribution is 5.75. The van der Waals surface area contributed by atoms with E-state index in [0.717, 1.165) is 80.3 Å². The molecule has 1 aliphatic rings. The van der Waals surface area contributed by atoms with E-state index in [1.54, 1.807) is 10.6 Å². The molecule has 0 aliphatic heterocycles. The van der Waals surface area contributed by atoms with Gasteiger partial charge in [0.05, 0.1) is 16.6 Å². The maximum atomic E-state index is 13.7. The van der Waals surface area contributed by atoms with Gasteiger partial charge in [-0.1, -0.05) is 44.9 Å². The molecule has 0 spiro atoms. The average molecular weight is 496 g/mol. The number of aliphatic hydroxyl groups is 1. The summed E-state index contributed by atoms with van der Waals surface area (Å²) >= 11 is 0. The minimum Gasteiger partial charge on any atom is -0.389 e. The predicted molar refractivity (Wildman–Crippen MR) is 145 cm³/mol.